The molecule has 5 aliphatic rings. The van der Waals surface area contributed by atoms with Crippen LogP contribution in [0, 0.1) is 8.99 Å². The van der Waals surface area contributed by atoms with E-state index in [-0.39, 0.29) is 37.9 Å². The Kier molecular flexibility index (Phi) is 8.28. The van der Waals surface area contributed by atoms with Crippen LogP contribution in [-0.2, 0) is 45.8 Å². The number of hydrogen-bond donors (Lipinski definition) is 2. The Morgan fingerprint density at radius 2 is 1.60 bits per heavy atom. The molecule has 4 heterocycles. The summed E-state index contributed by atoms with van der Waals surface area (Å²) < 4.78 is 21.2. The number of rotatable bonds is 8. The van der Waals surface area contributed by atoms with E-state index < -0.39 is 53.7 Å². The fourth-order valence-corrected chi connectivity index (χ4v) is 8.64. The average molecular weight is 766 g/mol. The van der Waals surface area contributed by atoms with Crippen molar-refractivity contribution in [2.24, 2.45) is 5.41 Å². The Labute approximate surface area is 291 Å². The molecule has 1 saturated carbocycles. The van der Waals surface area contributed by atoms with Gasteiger partial charge in [0.15, 0.2) is 6.04 Å². The normalized spacial score (nSPS) is 31.7. The Bertz CT molecular complexity index is 1650. The predicted molar refractivity (Wildman–Crippen MR) is 179 cm³/mol. The number of carbonyl (C=O) groups is 3. The highest BCUT2D eigenvalue weighted by atomic mass is 127. The van der Waals surface area contributed by atoms with Crippen LogP contribution >= 0.6 is 22.6 Å². The molecule has 2 N–H and O–H groups in total. The summed E-state index contributed by atoms with van der Waals surface area (Å²) >= 11 is 2.24. The number of nitrogens with one attached hydrogen (secondary N) is 1. The van der Waals surface area contributed by atoms with Crippen LogP contribution in [0.25, 0.3) is 0 Å². The van der Waals surface area contributed by atoms with Gasteiger partial charge in [0.2, 0.25) is 17.6 Å². The molecule has 0 unspecified atom stereocenters. The summed E-state index contributed by atoms with van der Waals surface area (Å²) in [6.07, 6.45) is -1.97. The smallest absolute Gasteiger partial charge is 0.327 e. The lowest BCUT2D eigenvalue weighted by atomic mass is 9.62. The minimum atomic E-state index is -1.41. The van der Waals surface area contributed by atoms with Crippen molar-refractivity contribution in [3.05, 3.63) is 105 Å². The van der Waals surface area contributed by atoms with Crippen molar-refractivity contribution in [1.29, 1.82) is 0 Å². The predicted octanol–water partition coefficient (Wildman–Crippen LogP) is 2.88. The van der Waals surface area contributed by atoms with E-state index >= 15 is 4.79 Å². The highest BCUT2D eigenvalue weighted by molar-refractivity contribution is 14.1. The number of halogens is 1. The molecule has 3 aromatic rings. The molecule has 2 amide bonds. The third-order valence-corrected chi connectivity index (χ3v) is 11.1. The standard InChI is InChI=1S/C36H36IN3O8/c37-25-15-13-22(14-16-25)21-40-30-33(43)45-27-20-35(30,34(44)39-18-7-12-26(39)32(42)38-17-19-41)31(48-40)29-28(27)46-36(47-29,23-8-3-1-4-9-23)24-10-5-2-6-11-24/h1-6,8-11,13-16,26-31,41H,7,12,17-21H2,(H,38,42)/t26-,27-,28+,29+,30+,31-,35+/m1/s1. The van der Waals surface area contributed by atoms with Crippen LogP contribution in [0.15, 0.2) is 84.9 Å². The van der Waals surface area contributed by atoms with E-state index in [1.54, 1.807) is 9.96 Å². The summed E-state index contributed by atoms with van der Waals surface area (Å²) in [6, 6.07) is 25.3. The highest BCUT2D eigenvalue weighted by Crippen LogP contribution is 2.60. The maximum atomic E-state index is 15.1. The van der Waals surface area contributed by atoms with Crippen molar-refractivity contribution in [3.8, 4) is 0 Å². The number of hydrogen-bond acceptors (Lipinski definition) is 9. The van der Waals surface area contributed by atoms with E-state index in [0.717, 1.165) is 20.3 Å². The van der Waals surface area contributed by atoms with Crippen LogP contribution in [0.2, 0.25) is 0 Å². The highest BCUT2D eigenvalue weighted by Gasteiger charge is 2.77. The minimum absolute atomic E-state index is 0.0883. The van der Waals surface area contributed by atoms with Crippen molar-refractivity contribution in [1.82, 2.24) is 15.3 Å². The first kappa shape index (κ1) is 31.8. The first-order valence-corrected chi connectivity index (χ1v) is 17.5. The second kappa shape index (κ2) is 12.5. The number of ether oxygens (including phenoxy) is 3. The van der Waals surface area contributed by atoms with Gasteiger partial charge in [0, 0.05) is 34.2 Å². The van der Waals surface area contributed by atoms with Crippen LogP contribution in [0.5, 0.6) is 0 Å². The third kappa shape index (κ3) is 4.99. The van der Waals surface area contributed by atoms with E-state index in [1.165, 1.54) is 0 Å². The van der Waals surface area contributed by atoms with E-state index in [2.05, 4.69) is 27.9 Å². The zero-order chi connectivity index (χ0) is 33.0. The third-order valence-electron chi connectivity index (χ3n) is 10.3. The molecule has 7 atom stereocenters. The van der Waals surface area contributed by atoms with Crippen molar-refractivity contribution in [2.75, 3.05) is 19.7 Å². The SMILES string of the molecule is O=C(NCCO)[C@H]1CCCN1C(=O)[C@@]12C[C@H]3OC(=O)[C@@H]1N(Cc1ccc(I)cc1)O[C@@H]2[C@H]1OC(c2ccccc2)(c2ccccc2)O[C@H]13. The molecular weight excluding hydrogens is 729 g/mol. The first-order chi connectivity index (χ1) is 23.4. The molecule has 1 aliphatic carbocycles. The van der Waals surface area contributed by atoms with Crippen LogP contribution in [-0.4, -0.2) is 89.0 Å². The number of hydroxylamine groups is 2. The lowest BCUT2D eigenvalue weighted by Gasteiger charge is -2.50. The molecule has 48 heavy (non-hydrogen) atoms. The number of esters is 1. The lowest BCUT2D eigenvalue weighted by molar-refractivity contribution is -0.214. The molecule has 3 aromatic carbocycles. The number of nitrogens with zero attached hydrogens (tertiary/aromatic N) is 2. The van der Waals surface area contributed by atoms with E-state index in [0.29, 0.717) is 19.4 Å². The molecule has 250 valence electrons. The van der Waals surface area contributed by atoms with Crippen molar-refractivity contribution < 1.29 is 38.5 Å². The molecule has 0 spiro atoms. The monoisotopic (exact) mass is 765 g/mol. The zero-order valence-electron chi connectivity index (χ0n) is 26.1. The quantitative estimate of drug-likeness (QED) is 0.263. The van der Waals surface area contributed by atoms with Crippen LogP contribution < -0.4 is 5.32 Å². The van der Waals surface area contributed by atoms with Crippen molar-refractivity contribution in [2.45, 2.75) is 68.1 Å². The summed E-state index contributed by atoms with van der Waals surface area (Å²) in [5.74, 6) is -2.57. The number of aliphatic hydroxyl groups is 1. The summed E-state index contributed by atoms with van der Waals surface area (Å²) in [7, 11) is 0. The molecule has 12 heteroatoms. The van der Waals surface area contributed by atoms with E-state index in [1.807, 2.05) is 84.9 Å². The fourth-order valence-electron chi connectivity index (χ4n) is 8.29. The van der Waals surface area contributed by atoms with Crippen LogP contribution in [0.4, 0.5) is 0 Å². The largest absolute Gasteiger partial charge is 0.458 e. The van der Waals surface area contributed by atoms with Crippen molar-refractivity contribution >= 4 is 40.4 Å². The van der Waals surface area contributed by atoms with Crippen LogP contribution in [0.1, 0.15) is 36.0 Å². The van der Waals surface area contributed by atoms with Gasteiger partial charge in [0.05, 0.1) is 13.2 Å². The van der Waals surface area contributed by atoms with Gasteiger partial charge in [-0.2, -0.15) is 5.06 Å². The Hall–Kier alpha value is -3.40. The molecule has 4 saturated heterocycles. The second-order valence-electron chi connectivity index (χ2n) is 13.0. The molecule has 2 bridgehead atoms. The van der Waals surface area contributed by atoms with Crippen molar-refractivity contribution in [3.63, 3.8) is 0 Å². The number of benzene rings is 3. The van der Waals surface area contributed by atoms with Gasteiger partial charge in [-0.15, -0.1) is 0 Å². The topological polar surface area (TPSA) is 127 Å². The maximum absolute atomic E-state index is 15.1. The van der Waals surface area contributed by atoms with Gasteiger partial charge in [0.25, 0.3) is 0 Å². The summed E-state index contributed by atoms with van der Waals surface area (Å²) in [5, 5.41) is 13.6. The average Bonchev–Trinajstić information content (AvgIpc) is 3.85. The van der Waals surface area contributed by atoms with Gasteiger partial charge in [-0.3, -0.25) is 19.2 Å². The van der Waals surface area contributed by atoms with Gasteiger partial charge in [-0.05, 0) is 53.1 Å². The van der Waals surface area contributed by atoms with Gasteiger partial charge in [0.1, 0.15) is 35.9 Å². The van der Waals surface area contributed by atoms with E-state index in [9.17, 15) is 14.7 Å². The van der Waals surface area contributed by atoms with Gasteiger partial charge in [-0.25, -0.2) is 0 Å². The molecule has 0 aromatic heterocycles. The minimum Gasteiger partial charge on any atom is -0.458 e. The summed E-state index contributed by atoms with van der Waals surface area (Å²) in [6.45, 7) is 0.469. The van der Waals surface area contributed by atoms with Crippen LogP contribution in [0.3, 0.4) is 0 Å². The zero-order valence-corrected chi connectivity index (χ0v) is 28.2. The molecule has 4 aliphatic heterocycles. The molecule has 11 nitrogen and oxygen atoms in total. The first-order valence-electron chi connectivity index (χ1n) is 16.4. The summed E-state index contributed by atoms with van der Waals surface area (Å²) in [4.78, 5) is 50.9. The lowest BCUT2D eigenvalue weighted by Crippen LogP contribution is -2.70. The number of fused-ring (bicyclic) bond motifs is 4. The maximum Gasteiger partial charge on any atom is 0.327 e. The van der Waals surface area contributed by atoms with Gasteiger partial charge < -0.3 is 29.5 Å². The van der Waals surface area contributed by atoms with Gasteiger partial charge >= 0.3 is 5.97 Å². The second-order valence-corrected chi connectivity index (χ2v) is 14.3. The fraction of sp³-hybridized carbons (Fsp3) is 0.417. The Morgan fingerprint density at radius 3 is 2.27 bits per heavy atom. The number of carbonyl (C=O) groups excluding carboxylic acids is 3. The van der Waals surface area contributed by atoms with Gasteiger partial charge in [-0.1, -0.05) is 72.8 Å². The van der Waals surface area contributed by atoms with E-state index in [4.69, 9.17) is 19.0 Å². The molecule has 5 fully saturated rings. The Balaban J connectivity index is 1.23. The Morgan fingerprint density at radius 1 is 0.938 bits per heavy atom. The number of likely N-dealkylation sites (tertiary alicyclic amines) is 1. The number of amides is 2. The number of aliphatic hydroxyl groups excluding tert-OH is 1. The molecule has 8 rings (SSSR count). The summed E-state index contributed by atoms with van der Waals surface area (Å²) in [5.41, 5.74) is 1.02. The molecule has 0 radical (unpaired) electrons. The molecular formula is C36H36IN3O8.